The molecule has 0 aromatic carbocycles. The van der Waals surface area contributed by atoms with Crippen molar-refractivity contribution in [2.75, 3.05) is 13.2 Å². The van der Waals surface area contributed by atoms with E-state index < -0.39 is 6.10 Å². The summed E-state index contributed by atoms with van der Waals surface area (Å²) in [5.74, 6) is -0.878. The van der Waals surface area contributed by atoms with Crippen molar-refractivity contribution in [3.63, 3.8) is 0 Å². The molecule has 0 aromatic heterocycles. The van der Waals surface area contributed by atoms with Crippen molar-refractivity contribution in [2.24, 2.45) is 0 Å². The minimum absolute atomic E-state index is 0.0695. The number of unbranched alkanes of at least 4 members (excludes halogenated alkanes) is 33. The van der Waals surface area contributed by atoms with Crippen LogP contribution in [0.5, 0.6) is 0 Å². The number of rotatable bonds is 46. The molecule has 0 heterocycles. The van der Waals surface area contributed by atoms with Crippen LogP contribution in [0.2, 0.25) is 0 Å². The normalized spacial score (nSPS) is 12.0. The fourth-order valence-corrected chi connectivity index (χ4v) is 7.42. The standard InChI is InChI=1S/C51H96O6/c1-4-7-10-13-16-18-20-21-22-23-24-25-26-27-28-29-30-32-33-35-38-41-44-50(53)56-47-48(46-55-49(52)43-40-37-15-12-9-6-3)57-51(54)45-42-39-36-34-31-19-17-14-11-8-5-2/h14,17,48H,4-13,15-16,18-47H2,1-3H3/b17-14-. The van der Waals surface area contributed by atoms with Gasteiger partial charge in [-0.2, -0.15) is 0 Å². The number of allylic oxidation sites excluding steroid dienone is 2. The molecule has 0 saturated heterocycles. The first-order valence-electron chi connectivity index (χ1n) is 25.2. The van der Waals surface area contributed by atoms with E-state index in [1.165, 1.54) is 173 Å². The lowest BCUT2D eigenvalue weighted by atomic mass is 10.0. The first-order chi connectivity index (χ1) is 28.0. The van der Waals surface area contributed by atoms with E-state index in [-0.39, 0.29) is 31.1 Å². The number of hydrogen-bond donors (Lipinski definition) is 0. The molecule has 1 atom stereocenters. The Hall–Kier alpha value is -1.85. The van der Waals surface area contributed by atoms with Gasteiger partial charge in [0.15, 0.2) is 6.10 Å². The third kappa shape index (κ3) is 45.1. The van der Waals surface area contributed by atoms with Crippen LogP contribution in [0.25, 0.3) is 0 Å². The predicted octanol–water partition coefficient (Wildman–Crippen LogP) is 16.2. The fraction of sp³-hybridized carbons (Fsp3) is 0.902. The Morgan fingerprint density at radius 1 is 0.333 bits per heavy atom. The maximum Gasteiger partial charge on any atom is 0.306 e. The minimum Gasteiger partial charge on any atom is -0.462 e. The second kappa shape index (κ2) is 46.8. The van der Waals surface area contributed by atoms with E-state index in [1.54, 1.807) is 0 Å². The highest BCUT2D eigenvalue weighted by Crippen LogP contribution is 2.16. The van der Waals surface area contributed by atoms with Crippen molar-refractivity contribution in [3.05, 3.63) is 12.2 Å². The van der Waals surface area contributed by atoms with Crippen LogP contribution in [0.1, 0.15) is 278 Å². The summed E-state index contributed by atoms with van der Waals surface area (Å²) in [6.07, 6.45) is 50.9. The molecule has 1 unspecified atom stereocenters. The van der Waals surface area contributed by atoms with Gasteiger partial charge < -0.3 is 14.2 Å². The molecule has 0 aliphatic rings. The highest BCUT2D eigenvalue weighted by molar-refractivity contribution is 5.71. The predicted molar refractivity (Wildman–Crippen MR) is 243 cm³/mol. The zero-order valence-corrected chi connectivity index (χ0v) is 38.4. The summed E-state index contributed by atoms with van der Waals surface area (Å²) in [6, 6.07) is 0. The summed E-state index contributed by atoms with van der Waals surface area (Å²) in [5, 5.41) is 0. The Morgan fingerprint density at radius 3 is 0.930 bits per heavy atom. The average Bonchev–Trinajstić information content (AvgIpc) is 3.21. The molecule has 0 aromatic rings. The van der Waals surface area contributed by atoms with E-state index in [4.69, 9.17) is 14.2 Å². The molecule has 0 radical (unpaired) electrons. The molecule has 0 spiro atoms. The van der Waals surface area contributed by atoms with E-state index in [9.17, 15) is 14.4 Å². The maximum atomic E-state index is 12.7. The molecule has 0 fully saturated rings. The summed E-state index contributed by atoms with van der Waals surface area (Å²) < 4.78 is 16.7. The smallest absolute Gasteiger partial charge is 0.306 e. The summed E-state index contributed by atoms with van der Waals surface area (Å²) in [5.41, 5.74) is 0. The lowest BCUT2D eigenvalue weighted by molar-refractivity contribution is -0.167. The van der Waals surface area contributed by atoms with Crippen LogP contribution in [-0.4, -0.2) is 37.2 Å². The van der Waals surface area contributed by atoms with Crippen LogP contribution < -0.4 is 0 Å². The Labute approximate surface area is 354 Å². The number of carbonyl (C=O) groups is 3. The van der Waals surface area contributed by atoms with Gasteiger partial charge in [-0.25, -0.2) is 0 Å². The van der Waals surface area contributed by atoms with Crippen molar-refractivity contribution < 1.29 is 28.6 Å². The highest BCUT2D eigenvalue weighted by atomic mass is 16.6. The van der Waals surface area contributed by atoms with Gasteiger partial charge in [-0.1, -0.05) is 232 Å². The summed E-state index contributed by atoms with van der Waals surface area (Å²) in [4.78, 5) is 37.6. The first kappa shape index (κ1) is 55.2. The largest absolute Gasteiger partial charge is 0.462 e. The van der Waals surface area contributed by atoms with Gasteiger partial charge in [-0.3, -0.25) is 14.4 Å². The molecule has 0 aliphatic carbocycles. The van der Waals surface area contributed by atoms with Crippen molar-refractivity contribution >= 4 is 17.9 Å². The summed E-state index contributed by atoms with van der Waals surface area (Å²) >= 11 is 0. The van der Waals surface area contributed by atoms with E-state index in [0.717, 1.165) is 64.2 Å². The van der Waals surface area contributed by atoms with E-state index in [0.29, 0.717) is 19.3 Å². The number of hydrogen-bond acceptors (Lipinski definition) is 6. The Morgan fingerprint density at radius 2 is 0.596 bits per heavy atom. The maximum absolute atomic E-state index is 12.7. The van der Waals surface area contributed by atoms with Crippen LogP contribution in [0, 0.1) is 0 Å². The van der Waals surface area contributed by atoms with E-state index in [2.05, 4.69) is 32.9 Å². The molecule has 6 nitrogen and oxygen atoms in total. The van der Waals surface area contributed by atoms with Gasteiger partial charge in [0.2, 0.25) is 0 Å². The third-order valence-corrected chi connectivity index (χ3v) is 11.3. The Kier molecular flexibility index (Phi) is 45.3. The monoisotopic (exact) mass is 805 g/mol. The molecule has 0 bridgehead atoms. The molecule has 0 N–H and O–H groups in total. The van der Waals surface area contributed by atoms with Gasteiger partial charge in [0.1, 0.15) is 13.2 Å². The molecule has 6 heteroatoms. The molecule has 57 heavy (non-hydrogen) atoms. The fourth-order valence-electron chi connectivity index (χ4n) is 7.42. The molecule has 0 rings (SSSR count). The van der Waals surface area contributed by atoms with Crippen LogP contribution in [0.4, 0.5) is 0 Å². The van der Waals surface area contributed by atoms with Crippen molar-refractivity contribution in [2.45, 2.75) is 284 Å². The van der Waals surface area contributed by atoms with Gasteiger partial charge in [0.25, 0.3) is 0 Å². The second-order valence-electron chi connectivity index (χ2n) is 17.1. The van der Waals surface area contributed by atoms with Crippen LogP contribution >= 0.6 is 0 Å². The zero-order chi connectivity index (χ0) is 41.5. The van der Waals surface area contributed by atoms with Crippen LogP contribution in [0.15, 0.2) is 12.2 Å². The van der Waals surface area contributed by atoms with Crippen molar-refractivity contribution in [1.82, 2.24) is 0 Å². The van der Waals surface area contributed by atoms with Gasteiger partial charge in [0, 0.05) is 19.3 Å². The van der Waals surface area contributed by atoms with E-state index in [1.807, 2.05) is 0 Å². The molecule has 0 amide bonds. The lowest BCUT2D eigenvalue weighted by Gasteiger charge is -2.18. The number of ether oxygens (including phenoxy) is 3. The van der Waals surface area contributed by atoms with Crippen LogP contribution in [0.3, 0.4) is 0 Å². The Balaban J connectivity index is 4.06. The quantitative estimate of drug-likeness (QED) is 0.0264. The van der Waals surface area contributed by atoms with Gasteiger partial charge >= 0.3 is 17.9 Å². The first-order valence-corrected chi connectivity index (χ1v) is 25.2. The molecular formula is C51H96O6. The number of esters is 3. The van der Waals surface area contributed by atoms with E-state index >= 15 is 0 Å². The van der Waals surface area contributed by atoms with Gasteiger partial charge in [-0.15, -0.1) is 0 Å². The molecule has 0 aliphatic heterocycles. The molecule has 336 valence electrons. The van der Waals surface area contributed by atoms with Gasteiger partial charge in [-0.05, 0) is 38.5 Å². The highest BCUT2D eigenvalue weighted by Gasteiger charge is 2.19. The zero-order valence-electron chi connectivity index (χ0n) is 38.4. The Bertz CT molecular complexity index is 885. The average molecular weight is 805 g/mol. The SMILES string of the molecule is CCCC/C=C\CCCCCCCC(=O)OC(COC(=O)CCCCCCCC)COC(=O)CCCCCCCCCCCCCCCCCCCCCCCC. The van der Waals surface area contributed by atoms with Gasteiger partial charge in [0.05, 0.1) is 0 Å². The van der Waals surface area contributed by atoms with Crippen LogP contribution in [-0.2, 0) is 28.6 Å². The second-order valence-corrected chi connectivity index (χ2v) is 17.1. The van der Waals surface area contributed by atoms with Crippen molar-refractivity contribution in [3.8, 4) is 0 Å². The minimum atomic E-state index is -0.765. The summed E-state index contributed by atoms with van der Waals surface area (Å²) in [7, 11) is 0. The summed E-state index contributed by atoms with van der Waals surface area (Å²) in [6.45, 7) is 6.56. The topological polar surface area (TPSA) is 78.9 Å². The number of carbonyl (C=O) groups excluding carboxylic acids is 3. The third-order valence-electron chi connectivity index (χ3n) is 11.3. The molecular weight excluding hydrogens is 709 g/mol. The van der Waals surface area contributed by atoms with Crippen molar-refractivity contribution in [1.29, 1.82) is 0 Å². The molecule has 0 saturated carbocycles. The lowest BCUT2D eigenvalue weighted by Crippen LogP contribution is -2.30.